The van der Waals surface area contributed by atoms with E-state index in [1.807, 2.05) is 31.2 Å². The summed E-state index contributed by atoms with van der Waals surface area (Å²) < 4.78 is 6.12. The molecule has 2 N–H and O–H groups in total. The Labute approximate surface area is 155 Å². The Morgan fingerprint density at radius 1 is 1.24 bits per heavy atom. The van der Waals surface area contributed by atoms with Gasteiger partial charge in [-0.2, -0.15) is 0 Å². The molecule has 0 aliphatic carbocycles. The second kappa shape index (κ2) is 9.84. The standard InChI is InChI=1S/C19H21BrN2O3/c1-14(13-15-4-6-16(20)7-5-15)22-19(24)10-11-21-18(23)9-8-17-3-2-12-25-17/h2-9,12,14H,10-11,13H2,1H3,(H,21,23)(H,22,24). The summed E-state index contributed by atoms with van der Waals surface area (Å²) in [7, 11) is 0. The van der Waals surface area contributed by atoms with Crippen LogP contribution in [0.4, 0.5) is 0 Å². The van der Waals surface area contributed by atoms with Crippen LogP contribution in [0.1, 0.15) is 24.7 Å². The summed E-state index contributed by atoms with van der Waals surface area (Å²) in [5, 5.41) is 5.61. The minimum Gasteiger partial charge on any atom is -0.465 e. The van der Waals surface area contributed by atoms with Crippen molar-refractivity contribution in [1.82, 2.24) is 10.6 Å². The smallest absolute Gasteiger partial charge is 0.244 e. The van der Waals surface area contributed by atoms with Crippen LogP contribution in [0.25, 0.3) is 6.08 Å². The highest BCUT2D eigenvalue weighted by Gasteiger charge is 2.08. The predicted molar refractivity (Wildman–Crippen MR) is 101 cm³/mol. The Morgan fingerprint density at radius 3 is 2.68 bits per heavy atom. The van der Waals surface area contributed by atoms with E-state index >= 15 is 0 Å². The van der Waals surface area contributed by atoms with Gasteiger partial charge in [-0.05, 0) is 49.2 Å². The highest BCUT2D eigenvalue weighted by Crippen LogP contribution is 2.11. The molecule has 0 spiro atoms. The molecule has 0 saturated carbocycles. The lowest BCUT2D eigenvalue weighted by Crippen LogP contribution is -2.36. The van der Waals surface area contributed by atoms with Gasteiger partial charge in [-0.25, -0.2) is 0 Å². The summed E-state index contributed by atoms with van der Waals surface area (Å²) in [5.74, 6) is 0.265. The van der Waals surface area contributed by atoms with E-state index in [0.29, 0.717) is 5.76 Å². The van der Waals surface area contributed by atoms with Crippen molar-refractivity contribution < 1.29 is 14.0 Å². The first-order chi connectivity index (χ1) is 12.0. The average molecular weight is 405 g/mol. The second-order valence-corrected chi connectivity index (χ2v) is 6.60. The van der Waals surface area contributed by atoms with Gasteiger partial charge < -0.3 is 15.1 Å². The van der Waals surface area contributed by atoms with E-state index in [9.17, 15) is 9.59 Å². The summed E-state index contributed by atoms with van der Waals surface area (Å²) in [6.45, 7) is 2.25. The summed E-state index contributed by atoms with van der Waals surface area (Å²) in [5.41, 5.74) is 1.16. The molecule has 2 amide bonds. The monoisotopic (exact) mass is 404 g/mol. The fourth-order valence-corrected chi connectivity index (χ4v) is 2.54. The number of hydrogen-bond acceptors (Lipinski definition) is 3. The van der Waals surface area contributed by atoms with Crippen LogP contribution in [0.2, 0.25) is 0 Å². The molecule has 0 aliphatic heterocycles. The molecule has 5 nitrogen and oxygen atoms in total. The summed E-state index contributed by atoms with van der Waals surface area (Å²) in [6.07, 6.45) is 5.50. The van der Waals surface area contributed by atoms with Gasteiger partial charge in [0, 0.05) is 29.6 Å². The number of benzene rings is 1. The van der Waals surface area contributed by atoms with Gasteiger partial charge in [-0.15, -0.1) is 0 Å². The van der Waals surface area contributed by atoms with Gasteiger partial charge in [0.15, 0.2) is 0 Å². The molecular weight excluding hydrogens is 384 g/mol. The van der Waals surface area contributed by atoms with Crippen LogP contribution in [0.5, 0.6) is 0 Å². The second-order valence-electron chi connectivity index (χ2n) is 5.69. The predicted octanol–water partition coefficient (Wildman–Crippen LogP) is 3.31. The molecule has 0 bridgehead atoms. The lowest BCUT2D eigenvalue weighted by atomic mass is 10.1. The van der Waals surface area contributed by atoms with Crippen LogP contribution in [0.3, 0.4) is 0 Å². The van der Waals surface area contributed by atoms with Crippen LogP contribution < -0.4 is 10.6 Å². The molecular formula is C19H21BrN2O3. The number of halogens is 1. The van der Waals surface area contributed by atoms with E-state index in [-0.39, 0.29) is 30.8 Å². The molecule has 0 saturated heterocycles. The van der Waals surface area contributed by atoms with Crippen molar-refractivity contribution in [3.63, 3.8) is 0 Å². The molecule has 1 atom stereocenters. The van der Waals surface area contributed by atoms with Crippen LogP contribution in [0.15, 0.2) is 57.6 Å². The van der Waals surface area contributed by atoms with E-state index in [4.69, 9.17) is 4.42 Å². The normalized spacial score (nSPS) is 12.1. The first-order valence-corrected chi connectivity index (χ1v) is 8.85. The number of furan rings is 1. The molecule has 25 heavy (non-hydrogen) atoms. The van der Waals surface area contributed by atoms with Gasteiger partial charge in [0.25, 0.3) is 0 Å². The Morgan fingerprint density at radius 2 is 2.00 bits per heavy atom. The van der Waals surface area contributed by atoms with Crippen molar-refractivity contribution in [3.05, 3.63) is 64.5 Å². The molecule has 1 unspecified atom stereocenters. The Hall–Kier alpha value is -2.34. The van der Waals surface area contributed by atoms with Gasteiger partial charge in [-0.1, -0.05) is 28.1 Å². The zero-order valence-corrected chi connectivity index (χ0v) is 15.6. The fraction of sp³-hybridized carbons (Fsp3) is 0.263. The molecule has 2 aromatic rings. The van der Waals surface area contributed by atoms with Crippen LogP contribution in [-0.4, -0.2) is 24.4 Å². The third kappa shape index (κ3) is 7.39. The van der Waals surface area contributed by atoms with Crippen LogP contribution in [0, 0.1) is 0 Å². The molecule has 2 rings (SSSR count). The van der Waals surface area contributed by atoms with E-state index in [1.165, 1.54) is 12.3 Å². The molecule has 0 radical (unpaired) electrons. The van der Waals surface area contributed by atoms with Crippen LogP contribution >= 0.6 is 15.9 Å². The minimum atomic E-state index is -0.257. The highest BCUT2D eigenvalue weighted by molar-refractivity contribution is 9.10. The maximum Gasteiger partial charge on any atom is 0.244 e. The zero-order chi connectivity index (χ0) is 18.1. The molecule has 6 heteroatoms. The maximum atomic E-state index is 11.9. The number of rotatable bonds is 8. The third-order valence-corrected chi connectivity index (χ3v) is 3.98. The minimum absolute atomic E-state index is 0.0308. The van der Waals surface area contributed by atoms with Crippen molar-refractivity contribution in [2.45, 2.75) is 25.8 Å². The van der Waals surface area contributed by atoms with Crippen molar-refractivity contribution in [1.29, 1.82) is 0 Å². The van der Waals surface area contributed by atoms with Gasteiger partial charge in [0.05, 0.1) is 6.26 Å². The molecule has 1 aromatic carbocycles. The third-order valence-electron chi connectivity index (χ3n) is 3.46. The Bertz CT molecular complexity index is 709. The van der Waals surface area contributed by atoms with Crippen molar-refractivity contribution >= 4 is 33.8 Å². The molecule has 0 aliphatic rings. The maximum absolute atomic E-state index is 11.9. The number of amides is 2. The highest BCUT2D eigenvalue weighted by atomic mass is 79.9. The summed E-state index contributed by atoms with van der Waals surface area (Å²) in [6, 6.07) is 11.5. The first kappa shape index (κ1) is 19.0. The summed E-state index contributed by atoms with van der Waals surface area (Å²) in [4.78, 5) is 23.6. The lowest BCUT2D eigenvalue weighted by molar-refractivity contribution is -0.121. The topological polar surface area (TPSA) is 71.3 Å². The largest absolute Gasteiger partial charge is 0.465 e. The molecule has 1 aromatic heterocycles. The molecule has 1 heterocycles. The van der Waals surface area contributed by atoms with E-state index in [1.54, 1.807) is 18.2 Å². The van der Waals surface area contributed by atoms with Gasteiger partial charge in [0.1, 0.15) is 5.76 Å². The number of carbonyl (C=O) groups is 2. The summed E-state index contributed by atoms with van der Waals surface area (Å²) >= 11 is 3.40. The van der Waals surface area contributed by atoms with Gasteiger partial charge >= 0.3 is 0 Å². The van der Waals surface area contributed by atoms with Crippen molar-refractivity contribution in [3.8, 4) is 0 Å². The lowest BCUT2D eigenvalue weighted by Gasteiger charge is -2.14. The van der Waals surface area contributed by atoms with Crippen LogP contribution in [-0.2, 0) is 16.0 Å². The quantitative estimate of drug-likeness (QED) is 0.662. The Kier molecular flexibility index (Phi) is 7.47. The van der Waals surface area contributed by atoms with Crippen molar-refractivity contribution in [2.24, 2.45) is 0 Å². The van der Waals surface area contributed by atoms with Gasteiger partial charge in [0.2, 0.25) is 11.8 Å². The molecule has 132 valence electrons. The van der Waals surface area contributed by atoms with E-state index in [2.05, 4.69) is 26.6 Å². The number of nitrogens with one attached hydrogen (secondary N) is 2. The average Bonchev–Trinajstić information content (AvgIpc) is 3.08. The fourth-order valence-electron chi connectivity index (χ4n) is 2.27. The zero-order valence-electron chi connectivity index (χ0n) is 14.0. The number of carbonyl (C=O) groups excluding carboxylic acids is 2. The first-order valence-electron chi connectivity index (χ1n) is 8.06. The molecule has 0 fully saturated rings. The SMILES string of the molecule is CC(Cc1ccc(Br)cc1)NC(=O)CCNC(=O)C=Cc1ccco1. The van der Waals surface area contributed by atoms with E-state index < -0.39 is 0 Å². The van der Waals surface area contributed by atoms with Gasteiger partial charge in [-0.3, -0.25) is 9.59 Å². The van der Waals surface area contributed by atoms with E-state index in [0.717, 1.165) is 16.5 Å². The van der Waals surface area contributed by atoms with Crippen molar-refractivity contribution in [2.75, 3.05) is 6.54 Å². The number of hydrogen-bond donors (Lipinski definition) is 2. The Balaban J connectivity index is 1.64.